The number of fused-ring (bicyclic) bond motifs is 5. The van der Waals surface area contributed by atoms with Gasteiger partial charge in [0.25, 0.3) is 0 Å². The Kier molecular flexibility index (Phi) is 6.08. The highest BCUT2D eigenvalue weighted by Crippen LogP contribution is 2.44. The van der Waals surface area contributed by atoms with E-state index < -0.39 is 5.97 Å². The van der Waals surface area contributed by atoms with Crippen molar-refractivity contribution in [2.24, 2.45) is 0 Å². The fraction of sp³-hybridized carbons (Fsp3) is 0.267. The second-order valence-corrected chi connectivity index (χ2v) is 10.8. The second kappa shape index (κ2) is 9.56. The Balaban J connectivity index is 1.43. The monoisotopic (exact) mass is 511 g/mol. The summed E-state index contributed by atoms with van der Waals surface area (Å²) in [6.45, 7) is 2.61. The minimum atomic E-state index is -0.402. The molecule has 2 aromatic carbocycles. The van der Waals surface area contributed by atoms with Gasteiger partial charge in [-0.2, -0.15) is 0 Å². The Labute approximate surface area is 220 Å². The van der Waals surface area contributed by atoms with Crippen molar-refractivity contribution in [3.63, 3.8) is 0 Å². The molecular weight excluding hydrogens is 482 g/mol. The number of carbonyl (C=O) groups excluding carboxylic acids is 2. The summed E-state index contributed by atoms with van der Waals surface area (Å²) >= 11 is 1.88. The molecule has 7 heteroatoms. The van der Waals surface area contributed by atoms with Gasteiger partial charge in [0.1, 0.15) is 5.00 Å². The fourth-order valence-electron chi connectivity index (χ4n) is 5.49. The minimum absolute atomic E-state index is 0.173. The maximum atomic E-state index is 14.0. The Morgan fingerprint density at radius 1 is 0.973 bits per heavy atom. The van der Waals surface area contributed by atoms with Gasteiger partial charge in [0, 0.05) is 22.3 Å². The third-order valence-corrected chi connectivity index (χ3v) is 8.72. The van der Waals surface area contributed by atoms with E-state index in [0.29, 0.717) is 17.8 Å². The summed E-state index contributed by atoms with van der Waals surface area (Å²) < 4.78 is 7.09. The number of nitrogens with one attached hydrogen (secondary N) is 1. The summed E-state index contributed by atoms with van der Waals surface area (Å²) in [4.78, 5) is 29.2. The van der Waals surface area contributed by atoms with E-state index in [1.807, 2.05) is 16.2 Å². The molecule has 2 aliphatic rings. The molecule has 0 saturated carbocycles. The summed E-state index contributed by atoms with van der Waals surface area (Å²) in [6, 6.07) is 19.0. The first-order chi connectivity index (χ1) is 18.0. The minimum Gasteiger partial charge on any atom is -0.465 e. The number of hydrogen-bond acceptors (Lipinski definition) is 4. The average Bonchev–Trinajstić information content (AvgIpc) is 3.51. The van der Waals surface area contributed by atoms with Crippen LogP contribution in [0.1, 0.15) is 62.1 Å². The molecule has 3 heterocycles. The smallest absolute Gasteiger partial charge is 0.337 e. The number of urea groups is 1. The summed E-state index contributed by atoms with van der Waals surface area (Å²) in [5, 5.41) is 4.33. The highest BCUT2D eigenvalue weighted by Gasteiger charge is 2.36. The fourth-order valence-corrected chi connectivity index (χ4v) is 6.89. The van der Waals surface area contributed by atoms with Crippen LogP contribution in [0.2, 0.25) is 0 Å². The predicted molar refractivity (Wildman–Crippen MR) is 146 cm³/mol. The van der Waals surface area contributed by atoms with Gasteiger partial charge in [-0.3, -0.25) is 0 Å². The highest BCUT2D eigenvalue weighted by atomic mass is 32.1. The molecule has 1 aliphatic heterocycles. The van der Waals surface area contributed by atoms with E-state index in [1.54, 1.807) is 24.3 Å². The van der Waals surface area contributed by atoms with Crippen molar-refractivity contribution in [1.29, 1.82) is 0 Å². The van der Waals surface area contributed by atoms with E-state index in [1.165, 1.54) is 46.5 Å². The molecule has 6 rings (SSSR count). The molecule has 4 aromatic rings. The largest absolute Gasteiger partial charge is 0.465 e. The lowest BCUT2D eigenvalue weighted by Crippen LogP contribution is -2.38. The molecule has 1 N–H and O–H groups in total. The molecule has 0 fully saturated rings. The number of nitrogens with zero attached hydrogens (tertiary/aromatic N) is 2. The van der Waals surface area contributed by atoms with Gasteiger partial charge in [-0.05, 0) is 80.1 Å². The third-order valence-electron chi connectivity index (χ3n) is 7.39. The topological polar surface area (TPSA) is 63.6 Å². The number of hydrogen-bond donors (Lipinski definition) is 1. The number of aryl methyl sites for hydroxylation is 2. The maximum absolute atomic E-state index is 14.0. The van der Waals surface area contributed by atoms with E-state index in [9.17, 15) is 9.59 Å². The molecule has 0 saturated heterocycles. The molecule has 37 heavy (non-hydrogen) atoms. The van der Waals surface area contributed by atoms with E-state index in [2.05, 4.69) is 59.4 Å². The molecule has 0 spiro atoms. The number of carbonyl (C=O) groups is 2. The molecule has 0 radical (unpaired) electrons. The van der Waals surface area contributed by atoms with E-state index in [0.717, 1.165) is 24.1 Å². The van der Waals surface area contributed by atoms with Crippen LogP contribution in [0.3, 0.4) is 0 Å². The summed E-state index contributed by atoms with van der Waals surface area (Å²) in [5.41, 5.74) is 7.11. The lowest BCUT2D eigenvalue weighted by Gasteiger charge is -2.31. The lowest BCUT2D eigenvalue weighted by molar-refractivity contribution is 0.0600. The molecule has 0 unspecified atom stereocenters. The normalized spacial score (nSPS) is 16.3. The van der Waals surface area contributed by atoms with Crippen LogP contribution in [0.25, 0.3) is 5.00 Å². The van der Waals surface area contributed by atoms with Gasteiger partial charge in [-0.15, -0.1) is 11.3 Å². The number of benzene rings is 2. The lowest BCUT2D eigenvalue weighted by atomic mass is 9.95. The molecule has 0 bridgehead atoms. The van der Waals surface area contributed by atoms with Gasteiger partial charge in [0.05, 0.1) is 31.0 Å². The van der Waals surface area contributed by atoms with Crippen molar-refractivity contribution in [1.82, 2.24) is 9.47 Å². The highest BCUT2D eigenvalue weighted by molar-refractivity contribution is 7.15. The first-order valence-electron chi connectivity index (χ1n) is 12.7. The van der Waals surface area contributed by atoms with Crippen LogP contribution in [-0.4, -0.2) is 28.6 Å². The van der Waals surface area contributed by atoms with Gasteiger partial charge < -0.3 is 19.5 Å². The molecule has 1 aliphatic carbocycles. The summed E-state index contributed by atoms with van der Waals surface area (Å²) in [5.74, 6) is -0.402. The van der Waals surface area contributed by atoms with Crippen molar-refractivity contribution in [3.8, 4) is 5.00 Å². The van der Waals surface area contributed by atoms with E-state index in [-0.39, 0.29) is 12.1 Å². The zero-order valence-electron chi connectivity index (χ0n) is 21.0. The number of amides is 2. The number of thiophene rings is 1. The number of ether oxygens (including phenoxy) is 1. The van der Waals surface area contributed by atoms with Gasteiger partial charge in [-0.1, -0.05) is 29.8 Å². The molecular formula is C30H29N3O3S. The number of aromatic nitrogens is 1. The maximum Gasteiger partial charge on any atom is 0.337 e. The van der Waals surface area contributed by atoms with E-state index >= 15 is 0 Å². The first kappa shape index (κ1) is 23.6. The Bertz CT molecular complexity index is 1470. The summed E-state index contributed by atoms with van der Waals surface area (Å²) in [7, 11) is 1.36. The second-order valence-electron chi connectivity index (χ2n) is 9.74. The van der Waals surface area contributed by atoms with Gasteiger partial charge in [0.15, 0.2) is 0 Å². The van der Waals surface area contributed by atoms with Gasteiger partial charge >= 0.3 is 12.0 Å². The SMILES string of the molecule is COC(=O)c1ccc(NC(=O)N2Cc3c(sc4c3CCCC4)-n3cccc3[C@H]2c2ccc(C)cc2)cc1. The van der Waals surface area contributed by atoms with Crippen LogP contribution >= 0.6 is 11.3 Å². The molecule has 2 aromatic heterocycles. The zero-order valence-corrected chi connectivity index (χ0v) is 21.8. The average molecular weight is 512 g/mol. The van der Waals surface area contributed by atoms with Crippen LogP contribution < -0.4 is 5.32 Å². The van der Waals surface area contributed by atoms with Crippen LogP contribution in [0, 0.1) is 6.92 Å². The molecule has 188 valence electrons. The Hall–Kier alpha value is -3.84. The quantitative estimate of drug-likeness (QED) is 0.313. The van der Waals surface area contributed by atoms with Crippen molar-refractivity contribution < 1.29 is 14.3 Å². The van der Waals surface area contributed by atoms with Crippen molar-refractivity contribution in [2.45, 2.75) is 45.2 Å². The van der Waals surface area contributed by atoms with Gasteiger partial charge in [-0.25, -0.2) is 9.59 Å². The standard InChI is InChI=1S/C30H29N3O3S/c1-19-9-11-20(12-10-19)27-25-7-5-17-32(25)28-24(23-6-3-4-8-26(23)37-28)18-33(27)30(35)31-22-15-13-21(14-16-22)29(34)36-2/h5,7,9-17,27H,3-4,6,8,18H2,1-2H3,(H,31,35)/t27-/m1/s1. The molecule has 1 atom stereocenters. The van der Waals surface area contributed by atoms with Gasteiger partial charge in [0.2, 0.25) is 0 Å². The number of esters is 1. The van der Waals surface area contributed by atoms with Crippen molar-refractivity contribution in [3.05, 3.63) is 105 Å². The predicted octanol–water partition coefficient (Wildman–Crippen LogP) is 6.65. The third kappa shape index (κ3) is 4.23. The summed E-state index contributed by atoms with van der Waals surface area (Å²) in [6.07, 6.45) is 6.73. The van der Waals surface area contributed by atoms with Crippen molar-refractivity contribution in [2.75, 3.05) is 12.4 Å². The molecule has 6 nitrogen and oxygen atoms in total. The van der Waals surface area contributed by atoms with Crippen molar-refractivity contribution >= 4 is 29.0 Å². The number of rotatable bonds is 3. The number of anilines is 1. The Morgan fingerprint density at radius 2 is 1.73 bits per heavy atom. The van der Waals surface area contributed by atoms with Crippen LogP contribution in [-0.2, 0) is 24.1 Å². The van der Waals surface area contributed by atoms with Crippen LogP contribution in [0.5, 0.6) is 0 Å². The number of methoxy groups -OCH3 is 1. The zero-order chi connectivity index (χ0) is 25.5. The first-order valence-corrected chi connectivity index (χ1v) is 13.5. The molecule has 2 amide bonds. The van der Waals surface area contributed by atoms with Crippen LogP contribution in [0.4, 0.5) is 10.5 Å². The van der Waals surface area contributed by atoms with E-state index in [4.69, 9.17) is 4.74 Å². The van der Waals surface area contributed by atoms with Crippen LogP contribution in [0.15, 0.2) is 66.9 Å². The Morgan fingerprint density at radius 3 is 2.49 bits per heavy atom.